The van der Waals surface area contributed by atoms with E-state index in [2.05, 4.69) is 15.8 Å². The molecule has 0 spiro atoms. The molecule has 0 aliphatic carbocycles. The summed E-state index contributed by atoms with van der Waals surface area (Å²) in [7, 11) is 3.62. The zero-order valence-corrected chi connectivity index (χ0v) is 7.09. The van der Waals surface area contributed by atoms with Crippen LogP contribution in [0.25, 0.3) is 0 Å². The molecule has 0 atom stereocenters. The summed E-state index contributed by atoms with van der Waals surface area (Å²) < 4.78 is 0. The van der Waals surface area contributed by atoms with Crippen molar-refractivity contribution in [1.82, 2.24) is 0 Å². The molecule has 0 unspecified atom stereocenters. The Hall–Kier alpha value is -1.58. The molecule has 64 valence electrons. The van der Waals surface area contributed by atoms with E-state index >= 15 is 0 Å². The summed E-state index contributed by atoms with van der Waals surface area (Å²) >= 11 is 0. The van der Waals surface area contributed by atoms with Crippen LogP contribution in [0.15, 0.2) is 23.4 Å². The lowest BCUT2D eigenvalue weighted by atomic mass is 10.2. The Kier molecular flexibility index (Phi) is 2.63. The molecule has 2 N–H and O–H groups in total. The van der Waals surface area contributed by atoms with Gasteiger partial charge in [-0.1, -0.05) is 0 Å². The van der Waals surface area contributed by atoms with Crippen molar-refractivity contribution in [2.24, 2.45) is 5.18 Å². The highest BCUT2D eigenvalue weighted by molar-refractivity contribution is 5.72. The molecule has 0 fully saturated rings. The molecule has 1 aromatic rings. The van der Waals surface area contributed by atoms with Crippen LogP contribution < -0.4 is 10.6 Å². The number of anilines is 2. The number of benzene rings is 1. The van der Waals surface area contributed by atoms with Crippen molar-refractivity contribution < 1.29 is 0 Å². The fraction of sp³-hybridized carbons (Fsp3) is 0.250. The Labute approximate surface area is 71.0 Å². The summed E-state index contributed by atoms with van der Waals surface area (Å²) in [6, 6.07) is 5.17. The van der Waals surface area contributed by atoms with Gasteiger partial charge in [-0.25, -0.2) is 0 Å². The van der Waals surface area contributed by atoms with Gasteiger partial charge in [-0.15, -0.1) is 4.91 Å². The van der Waals surface area contributed by atoms with Gasteiger partial charge in [0.25, 0.3) is 0 Å². The number of nitrogens with one attached hydrogen (secondary N) is 2. The predicted octanol–water partition coefficient (Wildman–Crippen LogP) is 2.17. The van der Waals surface area contributed by atoms with Crippen LogP contribution in [0, 0.1) is 4.91 Å². The number of rotatable bonds is 3. The molecule has 4 heteroatoms. The highest BCUT2D eigenvalue weighted by atomic mass is 16.3. The lowest BCUT2D eigenvalue weighted by Gasteiger charge is -2.07. The summed E-state index contributed by atoms with van der Waals surface area (Å²) in [5, 5.41) is 8.79. The van der Waals surface area contributed by atoms with Gasteiger partial charge >= 0.3 is 0 Å². The molecule has 0 aliphatic rings. The molecule has 0 aromatic heterocycles. The minimum atomic E-state index is 0.429. The molecular weight excluding hydrogens is 154 g/mol. The second-order valence-corrected chi connectivity index (χ2v) is 2.32. The third kappa shape index (κ3) is 1.53. The van der Waals surface area contributed by atoms with E-state index in [0.717, 1.165) is 11.4 Å². The van der Waals surface area contributed by atoms with Gasteiger partial charge in [0.15, 0.2) is 0 Å². The highest BCUT2D eigenvalue weighted by Gasteiger charge is 1.99. The van der Waals surface area contributed by atoms with Crippen molar-refractivity contribution in [3.05, 3.63) is 23.1 Å². The van der Waals surface area contributed by atoms with Gasteiger partial charge in [-0.05, 0) is 23.4 Å². The molecule has 4 nitrogen and oxygen atoms in total. The molecule has 0 amide bonds. The Bertz CT molecular complexity index is 286. The number of nitroso groups, excluding NO2 is 1. The Morgan fingerprint density at radius 3 is 2.33 bits per heavy atom. The first-order valence-corrected chi connectivity index (χ1v) is 3.64. The van der Waals surface area contributed by atoms with Crippen LogP contribution >= 0.6 is 0 Å². The molecular formula is C8H11N3O. The first-order valence-electron chi connectivity index (χ1n) is 3.64. The van der Waals surface area contributed by atoms with Crippen molar-refractivity contribution in [2.45, 2.75) is 0 Å². The second kappa shape index (κ2) is 3.71. The van der Waals surface area contributed by atoms with E-state index in [-0.39, 0.29) is 0 Å². The van der Waals surface area contributed by atoms with Crippen LogP contribution in [-0.2, 0) is 0 Å². The SMILES string of the molecule is CNc1ccc(N=O)cc1NC. The van der Waals surface area contributed by atoms with Gasteiger partial charge in [-0.3, -0.25) is 0 Å². The van der Waals surface area contributed by atoms with Crippen LogP contribution in [0.2, 0.25) is 0 Å². The topological polar surface area (TPSA) is 53.5 Å². The van der Waals surface area contributed by atoms with E-state index in [1.165, 1.54) is 0 Å². The Morgan fingerprint density at radius 1 is 1.17 bits per heavy atom. The van der Waals surface area contributed by atoms with Crippen molar-refractivity contribution in [3.63, 3.8) is 0 Å². The minimum absolute atomic E-state index is 0.429. The summed E-state index contributed by atoms with van der Waals surface area (Å²) in [5.41, 5.74) is 2.25. The van der Waals surface area contributed by atoms with Crippen molar-refractivity contribution in [2.75, 3.05) is 24.7 Å². The van der Waals surface area contributed by atoms with E-state index in [1.807, 2.05) is 13.1 Å². The number of hydrogen-bond acceptors (Lipinski definition) is 4. The molecule has 0 bridgehead atoms. The third-order valence-corrected chi connectivity index (χ3v) is 1.65. The van der Waals surface area contributed by atoms with Gasteiger partial charge in [0, 0.05) is 14.1 Å². The van der Waals surface area contributed by atoms with Crippen LogP contribution in [-0.4, -0.2) is 14.1 Å². The molecule has 1 rings (SSSR count). The first kappa shape index (κ1) is 8.52. The molecule has 0 radical (unpaired) electrons. The zero-order chi connectivity index (χ0) is 8.97. The lowest BCUT2D eigenvalue weighted by Crippen LogP contribution is -1.95. The molecule has 12 heavy (non-hydrogen) atoms. The maximum absolute atomic E-state index is 10.2. The van der Waals surface area contributed by atoms with E-state index in [1.54, 1.807) is 19.2 Å². The fourth-order valence-electron chi connectivity index (χ4n) is 1.01. The maximum Gasteiger partial charge on any atom is 0.110 e. The maximum atomic E-state index is 10.2. The van der Waals surface area contributed by atoms with E-state index in [4.69, 9.17) is 0 Å². The average molecular weight is 165 g/mol. The zero-order valence-electron chi connectivity index (χ0n) is 7.09. The van der Waals surface area contributed by atoms with E-state index in [0.29, 0.717) is 5.69 Å². The normalized spacial score (nSPS) is 9.17. The van der Waals surface area contributed by atoms with Gasteiger partial charge in [-0.2, -0.15) is 0 Å². The summed E-state index contributed by atoms with van der Waals surface area (Å²) in [5.74, 6) is 0. The minimum Gasteiger partial charge on any atom is -0.386 e. The largest absolute Gasteiger partial charge is 0.386 e. The molecule has 1 aromatic carbocycles. The van der Waals surface area contributed by atoms with Crippen molar-refractivity contribution >= 4 is 17.1 Å². The average Bonchev–Trinajstić information content (AvgIpc) is 2.16. The molecule has 0 saturated carbocycles. The van der Waals surface area contributed by atoms with Gasteiger partial charge < -0.3 is 10.6 Å². The predicted molar refractivity (Wildman–Crippen MR) is 51.0 cm³/mol. The Morgan fingerprint density at radius 2 is 1.83 bits per heavy atom. The standard InChI is InChI=1S/C8H11N3O/c1-9-7-4-3-6(11-12)5-8(7)10-2/h3-5,9-10H,1-2H3. The lowest BCUT2D eigenvalue weighted by molar-refractivity contribution is 1.42. The molecule has 0 aliphatic heterocycles. The molecule has 0 saturated heterocycles. The fourth-order valence-corrected chi connectivity index (χ4v) is 1.01. The smallest absolute Gasteiger partial charge is 0.110 e. The summed E-state index contributed by atoms with van der Waals surface area (Å²) in [6.07, 6.45) is 0. The second-order valence-electron chi connectivity index (χ2n) is 2.32. The Balaban J connectivity index is 3.10. The van der Waals surface area contributed by atoms with E-state index in [9.17, 15) is 4.91 Å². The van der Waals surface area contributed by atoms with Crippen LogP contribution in [0.1, 0.15) is 0 Å². The first-order chi connectivity index (χ1) is 5.81. The summed E-state index contributed by atoms with van der Waals surface area (Å²) in [6.45, 7) is 0. The summed E-state index contributed by atoms with van der Waals surface area (Å²) in [4.78, 5) is 10.2. The number of nitrogens with zero attached hydrogens (tertiary/aromatic N) is 1. The van der Waals surface area contributed by atoms with Crippen molar-refractivity contribution in [1.29, 1.82) is 0 Å². The van der Waals surface area contributed by atoms with Crippen molar-refractivity contribution in [3.8, 4) is 0 Å². The monoisotopic (exact) mass is 165 g/mol. The highest BCUT2D eigenvalue weighted by Crippen LogP contribution is 2.25. The molecule has 0 heterocycles. The van der Waals surface area contributed by atoms with E-state index < -0.39 is 0 Å². The van der Waals surface area contributed by atoms with Gasteiger partial charge in [0.05, 0.1) is 11.4 Å². The third-order valence-electron chi connectivity index (χ3n) is 1.65. The quantitative estimate of drug-likeness (QED) is 0.675. The van der Waals surface area contributed by atoms with Gasteiger partial charge in [0.1, 0.15) is 5.69 Å². The van der Waals surface area contributed by atoms with Gasteiger partial charge in [0.2, 0.25) is 0 Å². The van der Waals surface area contributed by atoms with Crippen LogP contribution in [0.4, 0.5) is 17.1 Å². The van der Waals surface area contributed by atoms with Crippen LogP contribution in [0.5, 0.6) is 0 Å². The van der Waals surface area contributed by atoms with Crippen LogP contribution in [0.3, 0.4) is 0 Å². The number of hydrogen-bond donors (Lipinski definition) is 2.